The van der Waals surface area contributed by atoms with Gasteiger partial charge in [-0.25, -0.2) is 4.98 Å². The average molecular weight is 267 g/mol. The number of aromatic nitrogens is 1. The summed E-state index contributed by atoms with van der Waals surface area (Å²) in [4.78, 5) is 25.1. The number of rotatable bonds is 6. The molecular weight excluding hydrogens is 250 g/mol. The molecule has 0 saturated heterocycles. The molecule has 0 saturated carbocycles. The van der Waals surface area contributed by atoms with Crippen molar-refractivity contribution in [2.75, 3.05) is 5.32 Å². The van der Waals surface area contributed by atoms with Crippen molar-refractivity contribution < 1.29 is 14.8 Å². The Balaban J connectivity index is 2.95. The summed E-state index contributed by atoms with van der Waals surface area (Å²) in [5.41, 5.74) is -0.161. The summed E-state index contributed by atoms with van der Waals surface area (Å²) >= 11 is 0. The number of nitrogens with one attached hydrogen (secondary N) is 1. The molecule has 7 nitrogen and oxygen atoms in total. The van der Waals surface area contributed by atoms with Gasteiger partial charge in [0.25, 0.3) is 0 Å². The molecule has 1 aromatic rings. The number of aliphatic carboxylic acids is 1. The van der Waals surface area contributed by atoms with Gasteiger partial charge in [-0.3, -0.25) is 14.9 Å². The van der Waals surface area contributed by atoms with Crippen LogP contribution in [0.3, 0.4) is 0 Å². The molecule has 0 aliphatic rings. The lowest BCUT2D eigenvalue weighted by molar-refractivity contribution is -0.384. The van der Waals surface area contributed by atoms with E-state index < -0.39 is 16.4 Å². The molecule has 0 atom stereocenters. The van der Waals surface area contributed by atoms with Crippen molar-refractivity contribution in [1.82, 2.24) is 4.98 Å². The normalized spacial score (nSPS) is 11.1. The minimum atomic E-state index is -0.901. The molecule has 0 unspecified atom stereocenters. The van der Waals surface area contributed by atoms with Gasteiger partial charge in [0.1, 0.15) is 0 Å². The smallest absolute Gasteiger partial charge is 0.314 e. The Kier molecular flexibility index (Phi) is 4.42. The topological polar surface area (TPSA) is 105 Å². The number of hydrogen-bond acceptors (Lipinski definition) is 5. The highest BCUT2D eigenvalue weighted by Gasteiger charge is 2.25. The number of carboxylic acid groups (broad SMARTS) is 1. The Morgan fingerprint density at radius 1 is 1.58 bits per heavy atom. The van der Waals surface area contributed by atoms with E-state index in [1.54, 1.807) is 26.8 Å². The number of pyridine rings is 1. The van der Waals surface area contributed by atoms with Gasteiger partial charge >= 0.3 is 11.7 Å². The van der Waals surface area contributed by atoms with Crippen LogP contribution in [0.1, 0.15) is 32.3 Å². The lowest BCUT2D eigenvalue weighted by Gasteiger charge is -2.26. The Bertz CT molecular complexity index is 500. The zero-order chi connectivity index (χ0) is 14.6. The van der Waals surface area contributed by atoms with E-state index >= 15 is 0 Å². The first-order chi connectivity index (χ1) is 8.73. The summed E-state index contributed by atoms with van der Waals surface area (Å²) in [6.45, 7) is 5.20. The summed E-state index contributed by atoms with van der Waals surface area (Å²) in [7, 11) is 0. The summed E-state index contributed by atoms with van der Waals surface area (Å²) in [6.07, 6.45) is 1.81. The largest absolute Gasteiger partial charge is 0.481 e. The molecule has 0 aliphatic carbocycles. The van der Waals surface area contributed by atoms with Crippen molar-refractivity contribution in [2.24, 2.45) is 0 Å². The fraction of sp³-hybridized carbons (Fsp3) is 0.500. The number of carbonyl (C=O) groups is 1. The first-order valence-electron chi connectivity index (χ1n) is 5.83. The number of anilines is 1. The Morgan fingerprint density at radius 3 is 2.74 bits per heavy atom. The van der Waals surface area contributed by atoms with Crippen LogP contribution in [0.2, 0.25) is 0 Å². The van der Waals surface area contributed by atoms with E-state index in [9.17, 15) is 14.9 Å². The Hall–Kier alpha value is -2.18. The highest BCUT2D eigenvalue weighted by atomic mass is 16.6. The third-order valence-corrected chi connectivity index (χ3v) is 2.73. The molecule has 0 radical (unpaired) electrons. The second kappa shape index (κ2) is 5.64. The molecule has 0 spiro atoms. The molecule has 1 heterocycles. The molecule has 0 aromatic carbocycles. The maximum atomic E-state index is 11.0. The van der Waals surface area contributed by atoms with E-state index in [0.717, 1.165) is 0 Å². The van der Waals surface area contributed by atoms with Gasteiger partial charge in [0.05, 0.1) is 4.92 Å². The third kappa shape index (κ3) is 4.20. The van der Waals surface area contributed by atoms with Crippen LogP contribution in [0.25, 0.3) is 0 Å². The van der Waals surface area contributed by atoms with Crippen LogP contribution in [0, 0.1) is 17.0 Å². The molecule has 104 valence electrons. The Labute approximate surface area is 110 Å². The molecule has 0 bridgehead atoms. The van der Waals surface area contributed by atoms with Crippen LogP contribution in [0.15, 0.2) is 12.3 Å². The highest BCUT2D eigenvalue weighted by Crippen LogP contribution is 2.29. The summed E-state index contributed by atoms with van der Waals surface area (Å²) in [6, 6.07) is 1.56. The Morgan fingerprint density at radius 2 is 2.21 bits per heavy atom. The molecule has 2 N–H and O–H groups in total. The molecule has 7 heteroatoms. The highest BCUT2D eigenvalue weighted by molar-refractivity contribution is 5.67. The first-order valence-corrected chi connectivity index (χ1v) is 5.83. The molecule has 1 aromatic heterocycles. The second-order valence-electron chi connectivity index (χ2n) is 4.98. The van der Waals surface area contributed by atoms with Crippen molar-refractivity contribution in [3.63, 3.8) is 0 Å². The van der Waals surface area contributed by atoms with E-state index in [1.165, 1.54) is 6.20 Å². The minimum Gasteiger partial charge on any atom is -0.481 e. The third-order valence-electron chi connectivity index (χ3n) is 2.73. The minimum absolute atomic E-state index is 0.0143. The van der Waals surface area contributed by atoms with Crippen molar-refractivity contribution in [3.05, 3.63) is 27.9 Å². The number of aryl methyl sites for hydroxylation is 1. The molecular formula is C12H17N3O4. The lowest BCUT2D eigenvalue weighted by Crippen LogP contribution is -2.32. The van der Waals surface area contributed by atoms with E-state index in [0.29, 0.717) is 12.0 Å². The SMILES string of the molecule is Cc1ccnc(NC(C)(C)CCC(=O)O)c1[N+](=O)[O-]. The van der Waals surface area contributed by atoms with Gasteiger partial charge in [0.2, 0.25) is 5.82 Å². The van der Waals surface area contributed by atoms with Gasteiger partial charge in [0, 0.05) is 23.7 Å². The lowest BCUT2D eigenvalue weighted by atomic mass is 9.98. The van der Waals surface area contributed by atoms with Crippen molar-refractivity contribution >= 4 is 17.5 Å². The monoisotopic (exact) mass is 267 g/mol. The van der Waals surface area contributed by atoms with Crippen LogP contribution in [-0.4, -0.2) is 26.5 Å². The second-order valence-corrected chi connectivity index (χ2v) is 4.98. The van der Waals surface area contributed by atoms with Crippen LogP contribution in [0.5, 0.6) is 0 Å². The summed E-state index contributed by atoms with van der Waals surface area (Å²) < 4.78 is 0. The van der Waals surface area contributed by atoms with Crippen LogP contribution in [-0.2, 0) is 4.79 Å². The number of nitrogens with zero attached hydrogens (tertiary/aromatic N) is 2. The van der Waals surface area contributed by atoms with Gasteiger partial charge in [-0.05, 0) is 33.3 Å². The maximum Gasteiger partial charge on any atom is 0.314 e. The van der Waals surface area contributed by atoms with Crippen molar-refractivity contribution in [2.45, 2.75) is 39.2 Å². The fourth-order valence-corrected chi connectivity index (χ4v) is 1.67. The molecule has 19 heavy (non-hydrogen) atoms. The van der Waals surface area contributed by atoms with Gasteiger partial charge in [-0.2, -0.15) is 0 Å². The van der Waals surface area contributed by atoms with E-state index in [1.807, 2.05) is 0 Å². The van der Waals surface area contributed by atoms with E-state index in [2.05, 4.69) is 10.3 Å². The van der Waals surface area contributed by atoms with Crippen LogP contribution < -0.4 is 5.32 Å². The van der Waals surface area contributed by atoms with E-state index in [4.69, 9.17) is 5.11 Å². The zero-order valence-corrected chi connectivity index (χ0v) is 11.1. The number of carboxylic acids is 1. The summed E-state index contributed by atoms with van der Waals surface area (Å²) in [5, 5.41) is 22.7. The fourth-order valence-electron chi connectivity index (χ4n) is 1.67. The molecule has 0 amide bonds. The molecule has 1 rings (SSSR count). The molecule has 0 fully saturated rings. The first kappa shape index (κ1) is 14.9. The van der Waals surface area contributed by atoms with Gasteiger partial charge in [0.15, 0.2) is 0 Å². The average Bonchev–Trinajstić information content (AvgIpc) is 2.25. The standard InChI is InChI=1S/C12H17N3O4/c1-8-5-7-13-11(10(8)15(18)19)14-12(2,3)6-4-9(16)17/h5,7H,4,6H2,1-3H3,(H,13,14)(H,16,17). The number of nitro groups is 1. The zero-order valence-electron chi connectivity index (χ0n) is 11.1. The van der Waals surface area contributed by atoms with Crippen LogP contribution >= 0.6 is 0 Å². The van der Waals surface area contributed by atoms with Gasteiger partial charge in [-0.1, -0.05) is 0 Å². The molecule has 0 aliphatic heterocycles. The van der Waals surface area contributed by atoms with Crippen molar-refractivity contribution in [3.8, 4) is 0 Å². The van der Waals surface area contributed by atoms with Crippen molar-refractivity contribution in [1.29, 1.82) is 0 Å². The van der Waals surface area contributed by atoms with Gasteiger partial charge in [-0.15, -0.1) is 0 Å². The quantitative estimate of drug-likeness (QED) is 0.605. The number of hydrogen-bond donors (Lipinski definition) is 2. The predicted octanol–water partition coefficient (Wildman–Crippen LogP) is 2.35. The maximum absolute atomic E-state index is 11.0. The summed E-state index contributed by atoms with van der Waals surface area (Å²) in [5.74, 6) is -0.734. The predicted molar refractivity (Wildman–Crippen MR) is 70.2 cm³/mol. The van der Waals surface area contributed by atoms with E-state index in [-0.39, 0.29) is 17.9 Å². The van der Waals surface area contributed by atoms with Gasteiger partial charge < -0.3 is 10.4 Å². The van der Waals surface area contributed by atoms with Crippen LogP contribution in [0.4, 0.5) is 11.5 Å².